The van der Waals surface area contributed by atoms with Crippen LogP contribution in [0, 0.1) is 24.6 Å². The summed E-state index contributed by atoms with van der Waals surface area (Å²) in [7, 11) is 4.50. The smallest absolute Gasteiger partial charge is 0.328 e. The number of benzene rings is 2. The van der Waals surface area contributed by atoms with Crippen LogP contribution in [-0.2, 0) is 46.2 Å². The van der Waals surface area contributed by atoms with Crippen molar-refractivity contribution in [3.63, 3.8) is 0 Å². The van der Waals surface area contributed by atoms with Crippen molar-refractivity contribution in [2.75, 3.05) is 26.1 Å². The molecule has 5 rings (SSSR count). The minimum Gasteiger partial charge on any atom is -0.462 e. The Hall–Kier alpha value is -4.10. The molecule has 2 saturated heterocycles. The zero-order valence-electron chi connectivity index (χ0n) is 34.6. The number of ether oxygens (including phenoxy) is 4. The zero-order chi connectivity index (χ0) is 42.1. The first-order valence-electron chi connectivity index (χ1n) is 19.5. The van der Waals surface area contributed by atoms with Gasteiger partial charge in [0.1, 0.15) is 41.4 Å². The lowest BCUT2D eigenvalue weighted by molar-refractivity contribution is -0.187. The van der Waals surface area contributed by atoms with E-state index in [0.29, 0.717) is 29.1 Å². The van der Waals surface area contributed by atoms with Gasteiger partial charge in [-0.15, -0.1) is 0 Å². The van der Waals surface area contributed by atoms with E-state index in [0.717, 1.165) is 16.7 Å². The molecule has 11 nitrogen and oxygen atoms in total. The fourth-order valence-corrected chi connectivity index (χ4v) is 8.19. The molecule has 2 aromatic rings. The van der Waals surface area contributed by atoms with Crippen LogP contribution in [0.5, 0.6) is 0 Å². The summed E-state index contributed by atoms with van der Waals surface area (Å²) in [5.74, 6) is -3.22. The molecule has 0 radical (unpaired) electrons. The number of amides is 2. The van der Waals surface area contributed by atoms with Crippen LogP contribution in [0.2, 0.25) is 5.02 Å². The molecule has 0 aromatic heterocycles. The second-order valence-electron chi connectivity index (χ2n) is 16.6. The third-order valence-electron chi connectivity index (χ3n) is 11.6. The Morgan fingerprint density at radius 3 is 2.51 bits per heavy atom. The van der Waals surface area contributed by atoms with Gasteiger partial charge in [-0.3, -0.25) is 14.4 Å². The molecule has 8 atom stereocenters. The average molecular weight is 811 g/mol. The lowest BCUT2D eigenvalue weighted by Gasteiger charge is -2.41. The molecule has 1 N–H and O–H groups in total. The van der Waals surface area contributed by atoms with Gasteiger partial charge >= 0.3 is 11.9 Å². The highest BCUT2D eigenvalue weighted by molar-refractivity contribution is 6.34. The summed E-state index contributed by atoms with van der Waals surface area (Å²) in [6.07, 6.45) is 2.41. The first-order chi connectivity index (χ1) is 26.7. The summed E-state index contributed by atoms with van der Waals surface area (Å²) >= 11 is 6.79. The maximum absolute atomic E-state index is 14.9. The molecule has 13 heteroatoms. The number of hydrogen-bond donors (Lipinski definition) is 1. The monoisotopic (exact) mass is 810 g/mol. The molecule has 2 amide bonds. The fraction of sp³-hybridized carbons (Fsp3) is 0.545. The van der Waals surface area contributed by atoms with Crippen LogP contribution in [0.4, 0.5) is 10.1 Å². The van der Waals surface area contributed by atoms with Crippen LogP contribution in [0.25, 0.3) is 0 Å². The third-order valence-corrected chi connectivity index (χ3v) is 12.1. The van der Waals surface area contributed by atoms with Gasteiger partial charge in [-0.05, 0) is 81.3 Å². The number of aryl methyl sites for hydroxylation is 1. The standard InChI is InChI=1S/C44H56ClFN2O9/c1-24(2)16-30-14-15-31(20-32(30)46)41(51)47(8)28(6)42(52)56-36-21-37(49)48(9)33-19-29(18-26(4)39(33)45)17-25(3)12-11-13-35(54-10)44(53)22-34(55-38(50)23-44)27(5)40-43(36,7)57-40/h11-15,18-20,24,27-28,34-36,40,53H,16-17,21-23H2,1-10H3/b13-11+,25-12+/t27-,28+,34+,35-,36+,40+,43+,44-/m1/s1. The van der Waals surface area contributed by atoms with Gasteiger partial charge in [-0.1, -0.05) is 68.3 Å². The minimum absolute atomic E-state index is 0.0418. The van der Waals surface area contributed by atoms with Crippen LogP contribution in [0.1, 0.15) is 87.9 Å². The molecule has 310 valence electrons. The topological polar surface area (TPSA) is 135 Å². The second-order valence-corrected chi connectivity index (χ2v) is 17.0. The average Bonchev–Trinajstić information content (AvgIpc) is 3.84. The van der Waals surface area contributed by atoms with Crippen LogP contribution in [-0.4, -0.2) is 96.6 Å². The normalized spacial score (nSPS) is 30.1. The van der Waals surface area contributed by atoms with E-state index in [4.69, 9.17) is 30.5 Å². The number of allylic oxidation sites excluding steroid dienone is 3. The SMILES string of the molecule is CO[C@@H]1/C=C/C=C(\C)Cc2cc(C)c(Cl)c(c2)N(C)C(=O)C[C@H](OC(=O)[C@H](C)N(C)C(=O)c2ccc(CC(C)C)c(F)c2)[C@]2(C)O[C@H]2[C@H](C)[C@@H]2C[C@@]1(O)CC(=O)O2. The third kappa shape index (κ3) is 9.62. The van der Waals surface area contributed by atoms with Crippen molar-refractivity contribution in [1.82, 2.24) is 4.90 Å². The maximum atomic E-state index is 14.9. The van der Waals surface area contributed by atoms with E-state index in [1.165, 1.54) is 43.0 Å². The quantitative estimate of drug-likeness (QED) is 0.239. The highest BCUT2D eigenvalue weighted by Crippen LogP contribution is 2.49. The molecule has 0 aliphatic carbocycles. The molecule has 0 unspecified atom stereocenters. The van der Waals surface area contributed by atoms with Crippen LogP contribution in [0.15, 0.2) is 54.1 Å². The Kier molecular flexibility index (Phi) is 13.4. The number of esters is 2. The van der Waals surface area contributed by atoms with E-state index in [2.05, 4.69) is 0 Å². The molecule has 2 aromatic carbocycles. The largest absolute Gasteiger partial charge is 0.462 e. The van der Waals surface area contributed by atoms with Crippen molar-refractivity contribution in [1.29, 1.82) is 0 Å². The van der Waals surface area contributed by atoms with E-state index < -0.39 is 77.1 Å². The predicted molar refractivity (Wildman–Crippen MR) is 214 cm³/mol. The van der Waals surface area contributed by atoms with E-state index in [9.17, 15) is 28.7 Å². The number of halogens is 2. The Bertz CT molecular complexity index is 1950. The molecule has 3 aliphatic rings. The van der Waals surface area contributed by atoms with Crippen molar-refractivity contribution in [2.24, 2.45) is 11.8 Å². The Balaban J connectivity index is 1.48. The van der Waals surface area contributed by atoms with E-state index in [1.54, 1.807) is 32.2 Å². The van der Waals surface area contributed by atoms with Gasteiger partial charge in [0.2, 0.25) is 5.91 Å². The van der Waals surface area contributed by atoms with Crippen molar-refractivity contribution in [3.05, 3.63) is 87.2 Å². The molecule has 3 aliphatic heterocycles. The number of anilines is 1. The summed E-state index contributed by atoms with van der Waals surface area (Å²) < 4.78 is 38.9. The van der Waals surface area contributed by atoms with Gasteiger partial charge in [0, 0.05) is 39.1 Å². The number of nitrogens with zero attached hydrogens (tertiary/aromatic N) is 2. The first-order valence-corrected chi connectivity index (χ1v) is 19.8. The maximum Gasteiger partial charge on any atom is 0.328 e. The molecule has 3 heterocycles. The van der Waals surface area contributed by atoms with Crippen LogP contribution >= 0.6 is 11.6 Å². The summed E-state index contributed by atoms with van der Waals surface area (Å²) in [5.41, 5.74) is 0.855. The molecule has 0 saturated carbocycles. The van der Waals surface area contributed by atoms with Gasteiger partial charge in [0.15, 0.2) is 0 Å². The van der Waals surface area contributed by atoms with Crippen molar-refractivity contribution in [2.45, 2.75) is 122 Å². The van der Waals surface area contributed by atoms with E-state index in [1.807, 2.05) is 52.8 Å². The minimum atomic E-state index is -1.59. The predicted octanol–water partition coefficient (Wildman–Crippen LogP) is 6.72. The number of methoxy groups -OCH3 is 1. The summed E-state index contributed by atoms with van der Waals surface area (Å²) in [6, 6.07) is 6.94. The molecule has 0 spiro atoms. The molecule has 57 heavy (non-hydrogen) atoms. The number of carbonyl (C=O) groups is 4. The van der Waals surface area contributed by atoms with Crippen molar-refractivity contribution >= 4 is 41.0 Å². The summed E-state index contributed by atoms with van der Waals surface area (Å²) in [6.45, 7) is 12.8. The van der Waals surface area contributed by atoms with E-state index >= 15 is 0 Å². The number of epoxide rings is 1. The summed E-state index contributed by atoms with van der Waals surface area (Å²) in [4.78, 5) is 57.3. The second kappa shape index (κ2) is 17.4. The van der Waals surface area contributed by atoms with Gasteiger partial charge in [0.25, 0.3) is 5.91 Å². The number of likely N-dealkylation sites (N-methyl/N-ethyl adjacent to an activating group) is 1. The van der Waals surface area contributed by atoms with Gasteiger partial charge < -0.3 is 33.9 Å². The number of hydrogen-bond acceptors (Lipinski definition) is 9. The lowest BCUT2D eigenvalue weighted by atomic mass is 9.78. The highest BCUT2D eigenvalue weighted by atomic mass is 35.5. The Morgan fingerprint density at radius 2 is 1.86 bits per heavy atom. The Labute approximate surface area is 340 Å². The van der Waals surface area contributed by atoms with Crippen LogP contribution < -0.4 is 4.90 Å². The molecular weight excluding hydrogens is 755 g/mol. The molecule has 4 bridgehead atoms. The van der Waals surface area contributed by atoms with Crippen LogP contribution in [0.3, 0.4) is 0 Å². The molecular formula is C44H56ClFN2O9. The number of rotatable bonds is 7. The van der Waals surface area contributed by atoms with Crippen molar-refractivity contribution < 1.29 is 47.6 Å². The Morgan fingerprint density at radius 1 is 1.16 bits per heavy atom. The van der Waals surface area contributed by atoms with Gasteiger partial charge in [-0.25, -0.2) is 9.18 Å². The number of aliphatic hydroxyl groups is 1. The van der Waals surface area contributed by atoms with Crippen molar-refractivity contribution in [3.8, 4) is 0 Å². The lowest BCUT2D eigenvalue weighted by Crippen LogP contribution is -2.53. The first kappa shape index (κ1) is 44.0. The van der Waals surface area contributed by atoms with E-state index in [-0.39, 0.29) is 30.7 Å². The summed E-state index contributed by atoms with van der Waals surface area (Å²) in [5, 5.41) is 12.3. The fourth-order valence-electron chi connectivity index (χ4n) is 7.96. The van der Waals surface area contributed by atoms with Gasteiger partial charge in [0.05, 0.1) is 29.7 Å². The van der Waals surface area contributed by atoms with Gasteiger partial charge in [-0.2, -0.15) is 0 Å². The highest BCUT2D eigenvalue weighted by Gasteiger charge is 2.64. The molecule has 2 fully saturated rings. The number of fused-ring (bicyclic) bond motifs is 5. The zero-order valence-corrected chi connectivity index (χ0v) is 35.3. The number of carbonyl (C=O) groups excluding carboxylic acids is 4.